The van der Waals surface area contributed by atoms with E-state index in [2.05, 4.69) is 12.6 Å². The minimum absolute atomic E-state index is 0.0294. The number of allylic oxidation sites excluding steroid dienone is 4. The minimum atomic E-state index is -3.91. The molecule has 0 aromatic heterocycles. The van der Waals surface area contributed by atoms with Gasteiger partial charge in [0.2, 0.25) is 9.84 Å². The van der Waals surface area contributed by atoms with Crippen molar-refractivity contribution in [3.05, 3.63) is 118 Å². The second-order valence-electron chi connectivity index (χ2n) is 10.3. The van der Waals surface area contributed by atoms with Gasteiger partial charge in [0.15, 0.2) is 0 Å². The van der Waals surface area contributed by atoms with Crippen molar-refractivity contribution >= 4 is 43.6 Å². The van der Waals surface area contributed by atoms with Gasteiger partial charge in [-0.3, -0.25) is 4.79 Å². The summed E-state index contributed by atoms with van der Waals surface area (Å²) in [6.07, 6.45) is 1.83. The summed E-state index contributed by atoms with van der Waals surface area (Å²) in [5.74, 6) is -0.357. The van der Waals surface area contributed by atoms with Gasteiger partial charge in [-0.15, -0.1) is 11.8 Å². The van der Waals surface area contributed by atoms with Crippen LogP contribution in [-0.2, 0) is 24.8 Å². The van der Waals surface area contributed by atoms with E-state index in [0.29, 0.717) is 21.6 Å². The van der Waals surface area contributed by atoms with Gasteiger partial charge in [-0.05, 0) is 86.4 Å². The van der Waals surface area contributed by atoms with Crippen molar-refractivity contribution in [2.24, 2.45) is 0 Å². The molecule has 5 nitrogen and oxygen atoms in total. The molecule has 7 heteroatoms. The molecule has 0 aliphatic carbocycles. The monoisotopic (exact) mass is 585 g/mol. The first-order chi connectivity index (χ1) is 19.3. The maximum Gasteiger partial charge on any atom is 0.315 e. The zero-order valence-electron chi connectivity index (χ0n) is 24.5. The predicted molar refractivity (Wildman–Crippen MR) is 170 cm³/mol. The summed E-state index contributed by atoms with van der Waals surface area (Å²) in [6.45, 7) is 13.4. The third-order valence-electron chi connectivity index (χ3n) is 7.26. The number of thioether (sulfide) groups is 1. The second kappa shape index (κ2) is 12.8. The normalized spacial score (nSPS) is 13.0. The van der Waals surface area contributed by atoms with Crippen LogP contribution in [0.15, 0.2) is 94.7 Å². The van der Waals surface area contributed by atoms with Crippen molar-refractivity contribution in [1.82, 2.24) is 0 Å². The van der Waals surface area contributed by atoms with Crippen LogP contribution in [0, 0.1) is 18.3 Å². The van der Waals surface area contributed by atoms with Gasteiger partial charge >= 0.3 is 5.97 Å². The van der Waals surface area contributed by atoms with Gasteiger partial charge in [0.25, 0.3) is 0 Å². The lowest BCUT2D eigenvalue weighted by Gasteiger charge is -2.24. The zero-order valence-corrected chi connectivity index (χ0v) is 26.2. The summed E-state index contributed by atoms with van der Waals surface area (Å²) < 4.78 is 32.4. The Morgan fingerprint density at radius 1 is 0.976 bits per heavy atom. The average Bonchev–Trinajstić information content (AvgIpc) is 2.97. The molecule has 212 valence electrons. The lowest BCUT2D eigenvalue weighted by atomic mass is 9.82. The fourth-order valence-corrected chi connectivity index (χ4v) is 6.43. The molecule has 0 atom stereocenters. The van der Waals surface area contributed by atoms with E-state index in [0.717, 1.165) is 27.8 Å². The highest BCUT2D eigenvalue weighted by molar-refractivity contribution is 8.02. The van der Waals surface area contributed by atoms with Crippen molar-refractivity contribution in [2.75, 3.05) is 13.4 Å². The Morgan fingerprint density at radius 3 is 2.15 bits per heavy atom. The van der Waals surface area contributed by atoms with Crippen LogP contribution in [0.1, 0.15) is 55.5 Å². The Bertz CT molecular complexity index is 1700. The van der Waals surface area contributed by atoms with E-state index < -0.39 is 15.3 Å². The van der Waals surface area contributed by atoms with Crippen molar-refractivity contribution in [3.63, 3.8) is 0 Å². The van der Waals surface area contributed by atoms with Crippen LogP contribution < -0.4 is 0 Å². The number of carbonyl (C=O) groups excluding carboxylic acids is 1. The van der Waals surface area contributed by atoms with Gasteiger partial charge in [0.05, 0.1) is 27.2 Å². The Kier molecular flexibility index (Phi) is 9.85. The van der Waals surface area contributed by atoms with E-state index in [4.69, 9.17) is 4.74 Å². The van der Waals surface area contributed by atoms with Crippen molar-refractivity contribution in [1.29, 1.82) is 5.26 Å². The molecule has 0 spiro atoms. The Morgan fingerprint density at radius 2 is 1.59 bits per heavy atom. The topological polar surface area (TPSA) is 84.2 Å². The van der Waals surface area contributed by atoms with E-state index in [-0.39, 0.29) is 15.8 Å². The van der Waals surface area contributed by atoms with Gasteiger partial charge in [0, 0.05) is 5.56 Å². The van der Waals surface area contributed by atoms with Crippen LogP contribution in [0.2, 0.25) is 0 Å². The smallest absolute Gasteiger partial charge is 0.315 e. The third kappa shape index (κ3) is 6.40. The van der Waals surface area contributed by atoms with Gasteiger partial charge < -0.3 is 4.74 Å². The van der Waals surface area contributed by atoms with Crippen LogP contribution in [0.3, 0.4) is 0 Å². The molecule has 0 radical (unpaired) electrons. The standard InChI is InChI=1S/C34H35NO4S2/c1-22-16-18-28(19-17-22)41(37,38)25(4)29-14-9-10-15-30(29)32(24(3)31(21-35)40-8)23(2)26-12-11-13-27(20-26)34(5,6)33(36)39-7/h9-20H,4H2,1-3,5-8H3/b31-24+,32-23+. The molecule has 0 fully saturated rings. The number of nitriles is 1. The molecule has 3 aromatic rings. The summed E-state index contributed by atoms with van der Waals surface area (Å²) in [5, 5.41) is 9.95. The number of rotatable bonds is 9. The third-order valence-corrected chi connectivity index (χ3v) is 9.83. The fourth-order valence-electron chi connectivity index (χ4n) is 4.69. The molecular weight excluding hydrogens is 551 g/mol. The number of esters is 1. The van der Waals surface area contributed by atoms with Gasteiger partial charge in [-0.25, -0.2) is 8.42 Å². The highest BCUT2D eigenvalue weighted by Gasteiger charge is 2.31. The minimum Gasteiger partial charge on any atom is -0.468 e. The molecule has 3 rings (SSSR count). The summed E-state index contributed by atoms with van der Waals surface area (Å²) in [5.41, 5.74) is 5.01. The van der Waals surface area contributed by atoms with E-state index in [1.54, 1.807) is 50.2 Å². The summed E-state index contributed by atoms with van der Waals surface area (Å²) in [4.78, 5) is 13.2. The number of benzene rings is 3. The Labute approximate surface area is 248 Å². The first-order valence-electron chi connectivity index (χ1n) is 13.0. The van der Waals surface area contributed by atoms with E-state index in [9.17, 15) is 18.5 Å². The number of hydrogen-bond donors (Lipinski definition) is 0. The molecule has 41 heavy (non-hydrogen) atoms. The van der Waals surface area contributed by atoms with Crippen molar-refractivity contribution in [2.45, 2.75) is 44.9 Å². The lowest BCUT2D eigenvalue weighted by molar-refractivity contribution is -0.146. The summed E-state index contributed by atoms with van der Waals surface area (Å²) in [6, 6.07) is 23.8. The number of sulfone groups is 1. The maximum atomic E-state index is 13.7. The van der Waals surface area contributed by atoms with Crippen LogP contribution in [0.4, 0.5) is 0 Å². The fraction of sp³-hybridized carbons (Fsp3) is 0.235. The molecule has 0 bridgehead atoms. The molecule has 0 N–H and O–H groups in total. The molecular formula is C34H35NO4S2. The molecule has 0 saturated carbocycles. The number of aryl methyl sites for hydroxylation is 1. The first-order valence-corrected chi connectivity index (χ1v) is 15.7. The number of methoxy groups -OCH3 is 1. The molecule has 0 saturated heterocycles. The molecule has 0 heterocycles. The Balaban J connectivity index is 2.35. The number of carbonyl (C=O) groups is 1. The van der Waals surface area contributed by atoms with Crippen LogP contribution in [0.25, 0.3) is 16.1 Å². The molecule has 3 aromatic carbocycles. The second-order valence-corrected chi connectivity index (χ2v) is 13.0. The highest BCUT2D eigenvalue weighted by Crippen LogP contribution is 2.41. The first kappa shape index (κ1) is 31.7. The number of nitrogens with zero attached hydrogens (tertiary/aromatic N) is 1. The number of hydrogen-bond acceptors (Lipinski definition) is 6. The van der Waals surface area contributed by atoms with Crippen LogP contribution in [0.5, 0.6) is 0 Å². The quantitative estimate of drug-likeness (QED) is 0.110. The zero-order chi connectivity index (χ0) is 30.5. The largest absolute Gasteiger partial charge is 0.468 e. The van der Waals surface area contributed by atoms with E-state index in [1.807, 2.05) is 63.4 Å². The molecule has 0 amide bonds. The predicted octanol–water partition coefficient (Wildman–Crippen LogP) is 7.98. The van der Waals surface area contributed by atoms with Crippen LogP contribution >= 0.6 is 11.8 Å². The van der Waals surface area contributed by atoms with Gasteiger partial charge in [0.1, 0.15) is 6.07 Å². The average molecular weight is 586 g/mol. The SMILES string of the molecule is C=C(c1ccccc1C(=C(\C)c1cccc(C(C)(C)C(=O)OC)c1)/C(C)=C(\C#N)SC)S(=O)(=O)c1ccc(C)cc1. The number of ether oxygens (including phenoxy) is 1. The highest BCUT2D eigenvalue weighted by atomic mass is 32.2. The molecule has 0 unspecified atom stereocenters. The lowest BCUT2D eigenvalue weighted by Crippen LogP contribution is -2.30. The van der Waals surface area contributed by atoms with Crippen molar-refractivity contribution < 1.29 is 17.9 Å². The van der Waals surface area contributed by atoms with Gasteiger partial charge in [-0.1, -0.05) is 72.8 Å². The Hall–Kier alpha value is -3.86. The van der Waals surface area contributed by atoms with Gasteiger partial charge in [-0.2, -0.15) is 5.26 Å². The molecule has 0 aliphatic heterocycles. The van der Waals surface area contributed by atoms with E-state index >= 15 is 0 Å². The summed E-state index contributed by atoms with van der Waals surface area (Å²) >= 11 is 1.33. The summed E-state index contributed by atoms with van der Waals surface area (Å²) in [7, 11) is -2.54. The molecule has 0 aliphatic rings. The maximum absolute atomic E-state index is 13.7. The van der Waals surface area contributed by atoms with Crippen molar-refractivity contribution in [3.8, 4) is 6.07 Å². The van der Waals surface area contributed by atoms with Crippen LogP contribution in [-0.4, -0.2) is 27.8 Å². The van der Waals surface area contributed by atoms with E-state index in [1.165, 1.54) is 18.9 Å².